The lowest BCUT2D eigenvalue weighted by molar-refractivity contribution is -0.111. The van der Waals surface area contributed by atoms with Gasteiger partial charge in [0.2, 0.25) is 11.8 Å². The number of ketones is 1. The van der Waals surface area contributed by atoms with E-state index in [0.29, 0.717) is 44.1 Å². The lowest BCUT2D eigenvalue weighted by Gasteiger charge is -2.03. The van der Waals surface area contributed by atoms with Crippen LogP contribution in [0.2, 0.25) is 0 Å². The Balaban J connectivity index is 1.85. The van der Waals surface area contributed by atoms with Gasteiger partial charge in [-0.2, -0.15) is 0 Å². The van der Waals surface area contributed by atoms with Crippen LogP contribution in [0.3, 0.4) is 0 Å². The Labute approximate surface area is 178 Å². The molecule has 1 aliphatic rings. The first kappa shape index (κ1) is 20.2. The van der Waals surface area contributed by atoms with Crippen LogP contribution in [0.25, 0.3) is 12.2 Å². The Morgan fingerprint density at radius 2 is 1.18 bits per heavy atom. The molecular weight excluding hydrogens is 488 g/mol. The van der Waals surface area contributed by atoms with Crippen LogP contribution in [0.15, 0.2) is 56.5 Å². The zero-order chi connectivity index (χ0) is 20.4. The Morgan fingerprint density at radius 3 is 1.50 bits per heavy atom. The second-order valence-electron chi connectivity index (χ2n) is 6.38. The number of nitrogens with two attached hydrogens (primary N) is 2. The minimum absolute atomic E-state index is 0.00907. The maximum absolute atomic E-state index is 12.7. The van der Waals surface area contributed by atoms with Crippen molar-refractivity contribution < 1.29 is 14.4 Å². The van der Waals surface area contributed by atoms with Gasteiger partial charge in [0.1, 0.15) is 0 Å². The van der Waals surface area contributed by atoms with Gasteiger partial charge >= 0.3 is 0 Å². The summed E-state index contributed by atoms with van der Waals surface area (Å²) in [4.78, 5) is 35.4. The molecule has 2 aromatic carbocycles. The van der Waals surface area contributed by atoms with Crippen LogP contribution in [-0.4, -0.2) is 17.6 Å². The summed E-state index contributed by atoms with van der Waals surface area (Å²) >= 11 is 6.65. The minimum Gasteiger partial charge on any atom is -0.366 e. The highest BCUT2D eigenvalue weighted by Gasteiger charge is 2.23. The SMILES string of the molecule is NC(=O)c1ccc(C=C2CCC(=Cc3ccc(C(N)=O)c(Br)c3)C2=O)cc1Br. The van der Waals surface area contributed by atoms with Gasteiger partial charge in [0, 0.05) is 20.1 Å². The fourth-order valence-corrected chi connectivity index (χ4v) is 4.21. The average Bonchev–Trinajstić information content (AvgIpc) is 2.94. The van der Waals surface area contributed by atoms with Crippen molar-refractivity contribution in [3.8, 4) is 0 Å². The van der Waals surface area contributed by atoms with Crippen molar-refractivity contribution in [3.63, 3.8) is 0 Å². The van der Waals surface area contributed by atoms with Crippen molar-refractivity contribution in [2.24, 2.45) is 11.5 Å². The molecule has 0 radical (unpaired) electrons. The zero-order valence-corrected chi connectivity index (χ0v) is 17.8. The summed E-state index contributed by atoms with van der Waals surface area (Å²) in [5.74, 6) is -1.03. The number of carbonyl (C=O) groups excluding carboxylic acids is 3. The number of amides is 2. The summed E-state index contributed by atoms with van der Waals surface area (Å²) < 4.78 is 1.19. The first-order chi connectivity index (χ1) is 13.3. The molecule has 1 fully saturated rings. The van der Waals surface area contributed by atoms with Gasteiger partial charge in [-0.15, -0.1) is 0 Å². The highest BCUT2D eigenvalue weighted by molar-refractivity contribution is 9.10. The smallest absolute Gasteiger partial charge is 0.249 e. The van der Waals surface area contributed by atoms with Gasteiger partial charge in [0.05, 0.1) is 11.1 Å². The van der Waals surface area contributed by atoms with Crippen molar-refractivity contribution in [1.29, 1.82) is 0 Å². The number of benzene rings is 2. The number of Topliss-reactive ketones (excluding diaryl/α,β-unsaturated/α-hetero) is 1. The summed E-state index contributed by atoms with van der Waals surface area (Å²) in [7, 11) is 0. The average molecular weight is 504 g/mol. The number of primary amides is 2. The van der Waals surface area contributed by atoms with Crippen LogP contribution in [0, 0.1) is 0 Å². The van der Waals surface area contributed by atoms with Crippen LogP contribution >= 0.6 is 31.9 Å². The van der Waals surface area contributed by atoms with E-state index < -0.39 is 11.8 Å². The van der Waals surface area contributed by atoms with Gasteiger partial charge in [-0.05, 0) is 92.2 Å². The summed E-state index contributed by atoms with van der Waals surface area (Å²) in [6, 6.07) is 10.3. The standard InChI is InChI=1S/C21H16Br2N2O3/c22-17-9-11(1-5-15(17)20(24)27)7-13-3-4-14(19(13)26)8-12-2-6-16(21(25)28)18(23)10-12/h1-2,5-10H,3-4H2,(H2,24,27)(H2,25,28). The molecule has 142 valence electrons. The Morgan fingerprint density at radius 1 is 0.786 bits per heavy atom. The predicted octanol–water partition coefficient (Wildman–Crippen LogP) is 4.24. The first-order valence-corrected chi connectivity index (χ1v) is 9.99. The summed E-state index contributed by atoms with van der Waals surface area (Å²) in [6.07, 6.45) is 4.93. The van der Waals surface area contributed by atoms with Gasteiger partial charge in [0.25, 0.3) is 0 Å². The van der Waals surface area contributed by atoms with E-state index in [1.54, 1.807) is 36.4 Å². The molecule has 1 aliphatic carbocycles. The maximum atomic E-state index is 12.7. The molecule has 28 heavy (non-hydrogen) atoms. The van der Waals surface area contributed by atoms with Gasteiger partial charge < -0.3 is 11.5 Å². The first-order valence-electron chi connectivity index (χ1n) is 8.41. The van der Waals surface area contributed by atoms with Crippen LogP contribution in [0.1, 0.15) is 44.7 Å². The third-order valence-electron chi connectivity index (χ3n) is 4.45. The highest BCUT2D eigenvalue weighted by Crippen LogP contribution is 2.31. The summed E-state index contributed by atoms with van der Waals surface area (Å²) in [5, 5.41) is 0. The molecule has 7 heteroatoms. The van der Waals surface area contributed by atoms with Gasteiger partial charge in [-0.1, -0.05) is 12.1 Å². The molecule has 4 N–H and O–H groups in total. The number of rotatable bonds is 4. The van der Waals surface area contributed by atoms with E-state index in [1.165, 1.54) is 0 Å². The molecule has 0 aromatic heterocycles. The number of hydrogen-bond acceptors (Lipinski definition) is 3. The monoisotopic (exact) mass is 502 g/mol. The number of hydrogen-bond donors (Lipinski definition) is 2. The van der Waals surface area contributed by atoms with E-state index in [9.17, 15) is 14.4 Å². The third-order valence-corrected chi connectivity index (χ3v) is 5.76. The third kappa shape index (κ3) is 4.31. The fourth-order valence-electron chi connectivity index (χ4n) is 3.02. The van der Waals surface area contributed by atoms with E-state index in [4.69, 9.17) is 11.5 Å². The lowest BCUT2D eigenvalue weighted by atomic mass is 10.0. The highest BCUT2D eigenvalue weighted by atomic mass is 79.9. The van der Waals surface area contributed by atoms with E-state index in [2.05, 4.69) is 31.9 Å². The minimum atomic E-state index is -0.512. The molecule has 0 heterocycles. The molecule has 2 amide bonds. The second kappa shape index (κ2) is 8.24. The molecule has 0 unspecified atom stereocenters. The van der Waals surface area contributed by atoms with Crippen LogP contribution in [0.4, 0.5) is 0 Å². The second-order valence-corrected chi connectivity index (χ2v) is 8.08. The van der Waals surface area contributed by atoms with Crippen LogP contribution < -0.4 is 11.5 Å². The van der Waals surface area contributed by atoms with Crippen molar-refractivity contribution in [1.82, 2.24) is 0 Å². The Hall–Kier alpha value is -2.51. The number of allylic oxidation sites excluding steroid dienone is 2. The lowest BCUT2D eigenvalue weighted by Crippen LogP contribution is -2.11. The summed E-state index contributed by atoms with van der Waals surface area (Å²) in [6.45, 7) is 0. The topological polar surface area (TPSA) is 103 Å². The van der Waals surface area contributed by atoms with E-state index in [-0.39, 0.29) is 5.78 Å². The molecule has 0 saturated heterocycles. The van der Waals surface area contributed by atoms with E-state index >= 15 is 0 Å². The molecule has 0 atom stereocenters. The van der Waals surface area contributed by atoms with Gasteiger partial charge in [-0.3, -0.25) is 14.4 Å². The van der Waals surface area contributed by atoms with Gasteiger partial charge in [-0.25, -0.2) is 0 Å². The number of halogens is 2. The maximum Gasteiger partial charge on any atom is 0.249 e. The molecule has 1 saturated carbocycles. The van der Waals surface area contributed by atoms with Crippen molar-refractivity contribution in [3.05, 3.63) is 78.7 Å². The molecule has 5 nitrogen and oxygen atoms in total. The number of carbonyl (C=O) groups is 3. The van der Waals surface area contributed by atoms with Crippen molar-refractivity contribution in [2.45, 2.75) is 12.8 Å². The normalized spacial score (nSPS) is 16.7. The largest absolute Gasteiger partial charge is 0.366 e. The van der Waals surface area contributed by atoms with Crippen LogP contribution in [-0.2, 0) is 4.79 Å². The quantitative estimate of drug-likeness (QED) is 0.609. The van der Waals surface area contributed by atoms with E-state index in [0.717, 1.165) is 11.1 Å². The fraction of sp³-hybridized carbons (Fsp3) is 0.0952. The molecule has 2 aromatic rings. The van der Waals surface area contributed by atoms with E-state index in [1.807, 2.05) is 12.2 Å². The van der Waals surface area contributed by atoms with Crippen molar-refractivity contribution in [2.75, 3.05) is 0 Å². The molecule has 0 spiro atoms. The molecule has 3 rings (SSSR count). The van der Waals surface area contributed by atoms with Crippen LogP contribution in [0.5, 0.6) is 0 Å². The molecular formula is C21H16Br2N2O3. The molecule has 0 bridgehead atoms. The predicted molar refractivity (Wildman–Crippen MR) is 116 cm³/mol. The Kier molecular flexibility index (Phi) is 5.96. The zero-order valence-electron chi connectivity index (χ0n) is 14.7. The Bertz CT molecular complexity index is 988. The van der Waals surface area contributed by atoms with Gasteiger partial charge in [0.15, 0.2) is 5.78 Å². The van der Waals surface area contributed by atoms with Crippen molar-refractivity contribution >= 4 is 61.6 Å². The summed E-state index contributed by atoms with van der Waals surface area (Å²) in [5.41, 5.74) is 14.4. The molecule has 0 aliphatic heterocycles.